The summed E-state index contributed by atoms with van der Waals surface area (Å²) in [6.45, 7) is 0.838. The smallest absolute Gasteiger partial charge is 0.310 e. The lowest BCUT2D eigenvalue weighted by molar-refractivity contribution is -0.145. The molecule has 1 aromatic rings. The van der Waals surface area contributed by atoms with Gasteiger partial charge in [0, 0.05) is 25.7 Å². The molecule has 2 heterocycles. The summed E-state index contributed by atoms with van der Waals surface area (Å²) in [5, 5.41) is 0.416. The van der Waals surface area contributed by atoms with E-state index in [0.717, 1.165) is 5.56 Å². The first-order chi connectivity index (χ1) is 8.60. The van der Waals surface area contributed by atoms with E-state index >= 15 is 0 Å². The quantitative estimate of drug-likeness (QED) is 0.612. The first-order valence-electron chi connectivity index (χ1n) is 5.56. The third-order valence-corrected chi connectivity index (χ3v) is 3.13. The van der Waals surface area contributed by atoms with Gasteiger partial charge in [-0.1, -0.05) is 17.7 Å². The number of carbonyl (C=O) groups excluding carboxylic acids is 2. The van der Waals surface area contributed by atoms with Crippen molar-refractivity contribution in [2.75, 3.05) is 13.7 Å². The molecule has 0 N–H and O–H groups in total. The first-order valence-corrected chi connectivity index (χ1v) is 5.94. The van der Waals surface area contributed by atoms with Crippen LogP contribution in [0.4, 0.5) is 0 Å². The number of amides is 1. The van der Waals surface area contributed by atoms with Gasteiger partial charge in [-0.25, -0.2) is 4.98 Å². The fourth-order valence-corrected chi connectivity index (χ4v) is 2.08. The van der Waals surface area contributed by atoms with E-state index in [9.17, 15) is 9.59 Å². The van der Waals surface area contributed by atoms with Crippen LogP contribution >= 0.6 is 11.6 Å². The van der Waals surface area contributed by atoms with Crippen LogP contribution in [0.5, 0.6) is 0 Å². The Morgan fingerprint density at radius 2 is 2.39 bits per heavy atom. The molecule has 1 unspecified atom stereocenters. The van der Waals surface area contributed by atoms with Gasteiger partial charge in [0.05, 0.1) is 13.0 Å². The Bertz CT molecular complexity index is 461. The number of aromatic nitrogens is 1. The molecule has 18 heavy (non-hydrogen) atoms. The van der Waals surface area contributed by atoms with E-state index in [1.807, 2.05) is 6.07 Å². The number of hydrogen-bond acceptors (Lipinski definition) is 4. The summed E-state index contributed by atoms with van der Waals surface area (Å²) in [5.74, 6) is -0.733. The second-order valence-electron chi connectivity index (χ2n) is 4.19. The fourth-order valence-electron chi connectivity index (χ4n) is 1.97. The summed E-state index contributed by atoms with van der Waals surface area (Å²) < 4.78 is 4.65. The average molecular weight is 269 g/mol. The van der Waals surface area contributed by atoms with Crippen molar-refractivity contribution in [2.45, 2.75) is 13.0 Å². The van der Waals surface area contributed by atoms with Gasteiger partial charge in [0.2, 0.25) is 5.91 Å². The van der Waals surface area contributed by atoms with Gasteiger partial charge >= 0.3 is 5.97 Å². The SMILES string of the molecule is COC(=O)C1CC(=O)N(Cc2ccc(Cl)nc2)C1. The molecule has 0 spiro atoms. The van der Waals surface area contributed by atoms with Crippen molar-refractivity contribution in [3.63, 3.8) is 0 Å². The molecule has 0 radical (unpaired) electrons. The lowest BCUT2D eigenvalue weighted by Gasteiger charge is -2.15. The zero-order chi connectivity index (χ0) is 13.1. The summed E-state index contributed by atoms with van der Waals surface area (Å²) in [5.41, 5.74) is 0.887. The predicted octanol–water partition coefficient (Wildman–Crippen LogP) is 1.26. The summed E-state index contributed by atoms with van der Waals surface area (Å²) in [6.07, 6.45) is 1.84. The molecule has 5 nitrogen and oxygen atoms in total. The molecule has 1 amide bonds. The Labute approximate surface area is 110 Å². The summed E-state index contributed by atoms with van der Waals surface area (Å²) in [6, 6.07) is 3.49. The molecular weight excluding hydrogens is 256 g/mol. The van der Waals surface area contributed by atoms with Gasteiger partial charge in [-0.05, 0) is 11.6 Å². The fraction of sp³-hybridized carbons (Fsp3) is 0.417. The minimum Gasteiger partial charge on any atom is -0.469 e. The second-order valence-corrected chi connectivity index (χ2v) is 4.57. The zero-order valence-electron chi connectivity index (χ0n) is 9.93. The number of esters is 1. The molecule has 0 bridgehead atoms. The van der Waals surface area contributed by atoms with Gasteiger partial charge < -0.3 is 9.64 Å². The molecule has 2 rings (SSSR count). The van der Waals surface area contributed by atoms with Gasteiger partial charge in [0.15, 0.2) is 0 Å². The number of methoxy groups -OCH3 is 1. The highest BCUT2D eigenvalue weighted by molar-refractivity contribution is 6.29. The predicted molar refractivity (Wildman–Crippen MR) is 64.8 cm³/mol. The van der Waals surface area contributed by atoms with Crippen molar-refractivity contribution in [2.24, 2.45) is 5.92 Å². The molecule has 1 fully saturated rings. The number of likely N-dealkylation sites (tertiary alicyclic amines) is 1. The van der Waals surface area contributed by atoms with E-state index < -0.39 is 0 Å². The summed E-state index contributed by atoms with van der Waals surface area (Å²) in [4.78, 5) is 28.7. The van der Waals surface area contributed by atoms with Gasteiger partial charge in [-0.3, -0.25) is 9.59 Å². The van der Waals surface area contributed by atoms with Crippen molar-refractivity contribution in [3.05, 3.63) is 29.0 Å². The summed E-state index contributed by atoms with van der Waals surface area (Å²) >= 11 is 5.69. The van der Waals surface area contributed by atoms with Crippen molar-refractivity contribution < 1.29 is 14.3 Å². The maximum atomic E-state index is 11.7. The molecule has 1 aromatic heterocycles. The number of pyridine rings is 1. The van der Waals surface area contributed by atoms with Crippen LogP contribution in [0, 0.1) is 5.92 Å². The van der Waals surface area contributed by atoms with Crippen molar-refractivity contribution >= 4 is 23.5 Å². The number of hydrogen-bond donors (Lipinski definition) is 0. The summed E-state index contributed by atoms with van der Waals surface area (Å²) in [7, 11) is 1.33. The van der Waals surface area contributed by atoms with Gasteiger partial charge in [-0.15, -0.1) is 0 Å². The first kappa shape index (κ1) is 12.8. The second kappa shape index (κ2) is 5.35. The third kappa shape index (κ3) is 2.79. The number of halogens is 1. The molecule has 0 saturated carbocycles. The van der Waals surface area contributed by atoms with Crippen LogP contribution in [0.15, 0.2) is 18.3 Å². The van der Waals surface area contributed by atoms with Crippen molar-refractivity contribution in [1.82, 2.24) is 9.88 Å². The normalized spacial score (nSPS) is 19.1. The number of ether oxygens (including phenoxy) is 1. The van der Waals surface area contributed by atoms with Crippen LogP contribution in [0.2, 0.25) is 5.15 Å². The van der Waals surface area contributed by atoms with Crippen molar-refractivity contribution in [3.8, 4) is 0 Å². The van der Waals surface area contributed by atoms with E-state index in [1.165, 1.54) is 7.11 Å². The Hall–Kier alpha value is -1.62. The van der Waals surface area contributed by atoms with Crippen LogP contribution in [0.25, 0.3) is 0 Å². The Balaban J connectivity index is 2.00. The molecule has 96 valence electrons. The van der Waals surface area contributed by atoms with Crippen LogP contribution < -0.4 is 0 Å². The third-order valence-electron chi connectivity index (χ3n) is 2.91. The monoisotopic (exact) mass is 268 g/mol. The van der Waals surface area contributed by atoms with E-state index in [4.69, 9.17) is 11.6 Å². The molecule has 1 atom stereocenters. The highest BCUT2D eigenvalue weighted by Crippen LogP contribution is 2.21. The van der Waals surface area contributed by atoms with Crippen LogP contribution in [-0.2, 0) is 20.9 Å². The van der Waals surface area contributed by atoms with Crippen molar-refractivity contribution in [1.29, 1.82) is 0 Å². The minimum absolute atomic E-state index is 0.0413. The average Bonchev–Trinajstić information content (AvgIpc) is 2.73. The van der Waals surface area contributed by atoms with E-state index in [1.54, 1.807) is 17.2 Å². The van der Waals surface area contributed by atoms with Crippen LogP contribution in [-0.4, -0.2) is 35.4 Å². The number of carbonyl (C=O) groups is 2. The molecular formula is C12H13ClN2O3. The standard InChI is InChI=1S/C12H13ClN2O3/c1-18-12(17)9-4-11(16)15(7-9)6-8-2-3-10(13)14-5-8/h2-3,5,9H,4,6-7H2,1H3. The minimum atomic E-state index is -0.359. The lowest BCUT2D eigenvalue weighted by Crippen LogP contribution is -2.26. The molecule has 1 aliphatic rings. The Morgan fingerprint density at radius 1 is 1.61 bits per heavy atom. The lowest BCUT2D eigenvalue weighted by atomic mass is 10.1. The number of rotatable bonds is 3. The molecule has 1 saturated heterocycles. The molecule has 6 heteroatoms. The van der Waals surface area contributed by atoms with E-state index in [2.05, 4.69) is 9.72 Å². The van der Waals surface area contributed by atoms with Crippen LogP contribution in [0.3, 0.4) is 0 Å². The van der Waals surface area contributed by atoms with Crippen LogP contribution in [0.1, 0.15) is 12.0 Å². The maximum absolute atomic E-state index is 11.7. The molecule has 1 aliphatic heterocycles. The number of nitrogens with zero attached hydrogens (tertiary/aromatic N) is 2. The maximum Gasteiger partial charge on any atom is 0.310 e. The Kier molecular flexibility index (Phi) is 3.81. The van der Waals surface area contributed by atoms with Gasteiger partial charge in [0.25, 0.3) is 0 Å². The molecule has 0 aliphatic carbocycles. The zero-order valence-corrected chi connectivity index (χ0v) is 10.7. The van der Waals surface area contributed by atoms with E-state index in [-0.39, 0.29) is 24.2 Å². The topological polar surface area (TPSA) is 59.5 Å². The Morgan fingerprint density at radius 3 is 3.00 bits per heavy atom. The van der Waals surface area contributed by atoms with E-state index in [0.29, 0.717) is 18.2 Å². The molecule has 0 aromatic carbocycles. The largest absolute Gasteiger partial charge is 0.469 e. The van der Waals surface area contributed by atoms with Gasteiger partial charge in [-0.2, -0.15) is 0 Å². The highest BCUT2D eigenvalue weighted by atomic mass is 35.5. The highest BCUT2D eigenvalue weighted by Gasteiger charge is 2.34. The van der Waals surface area contributed by atoms with Gasteiger partial charge in [0.1, 0.15) is 5.15 Å².